The van der Waals surface area contributed by atoms with Gasteiger partial charge in [0.25, 0.3) is 0 Å². The predicted octanol–water partition coefficient (Wildman–Crippen LogP) is 6.03. The van der Waals surface area contributed by atoms with E-state index in [2.05, 4.69) is 82.5 Å². The van der Waals surface area contributed by atoms with Crippen LogP contribution < -0.4 is 0 Å². The number of pyridine rings is 1. The Labute approximate surface area is 174 Å². The zero-order valence-corrected chi connectivity index (χ0v) is 19.2. The van der Waals surface area contributed by atoms with E-state index in [-0.39, 0.29) is 36.4 Å². The fourth-order valence-electron chi connectivity index (χ4n) is 4.89. The largest absolute Gasteiger partial charge is 0.341 e. The van der Waals surface area contributed by atoms with Gasteiger partial charge < -0.3 is 4.40 Å². The van der Waals surface area contributed by atoms with Crippen LogP contribution in [0.5, 0.6) is 0 Å². The monoisotopic (exact) mass is 534 g/mol. The summed E-state index contributed by atoms with van der Waals surface area (Å²) in [6.45, 7) is 14.3. The Morgan fingerprint density at radius 1 is 0.926 bits per heavy atom. The number of hydrogen-bond donors (Lipinski definition) is 0. The van der Waals surface area contributed by atoms with Gasteiger partial charge in [-0.3, -0.25) is 4.98 Å². The number of rotatable bonds is 0. The normalized spacial score (nSPS) is 19.3. The molecule has 0 saturated carbocycles. The smallest absolute Gasteiger partial charge is 0.0777 e. The van der Waals surface area contributed by atoms with Gasteiger partial charge >= 0.3 is 0 Å². The van der Waals surface area contributed by atoms with E-state index >= 15 is 0 Å². The Morgan fingerprint density at radius 2 is 1.59 bits per heavy atom. The first kappa shape index (κ1) is 18.7. The molecule has 1 radical (unpaired) electrons. The number of imidazole rings is 1. The third-order valence-electron chi connectivity index (χ3n) is 7.82. The zero-order chi connectivity index (χ0) is 18.5. The van der Waals surface area contributed by atoms with E-state index in [9.17, 15) is 0 Å². The maximum absolute atomic E-state index is 5.01. The van der Waals surface area contributed by atoms with Gasteiger partial charge in [-0.2, -0.15) is 0 Å². The third-order valence-corrected chi connectivity index (χ3v) is 7.82. The van der Waals surface area contributed by atoms with E-state index in [1.807, 2.05) is 12.1 Å². The van der Waals surface area contributed by atoms with Crippen molar-refractivity contribution in [3.05, 3.63) is 59.8 Å². The number of hydrogen-bond acceptors (Lipinski definition) is 1. The first-order valence-corrected chi connectivity index (χ1v) is 9.42. The van der Waals surface area contributed by atoms with Crippen molar-refractivity contribution < 1.29 is 20.1 Å². The molecule has 0 unspecified atom stereocenters. The molecular weight excluding hydrogens is 508 g/mol. The van der Waals surface area contributed by atoms with Gasteiger partial charge in [-0.25, -0.2) is 0 Å². The minimum atomic E-state index is 0. The van der Waals surface area contributed by atoms with Crippen LogP contribution in [0, 0.1) is 11.5 Å². The van der Waals surface area contributed by atoms with Crippen molar-refractivity contribution in [2.45, 2.75) is 52.4 Å². The standard InChI is InChI=1S/C24H25N2.Ir/c1-22(2)17-13-19-20(14-18(17)23(3,4)24(22,5)6)26-12-11-15-9-7-8-10-16(15)21(26)25-19;/h7-9,11-14H,1-6H3;/q-1;. The van der Waals surface area contributed by atoms with Crippen LogP contribution in [0.1, 0.15) is 52.7 Å². The summed E-state index contributed by atoms with van der Waals surface area (Å²) in [6, 6.07) is 16.4. The van der Waals surface area contributed by atoms with Gasteiger partial charge in [0.1, 0.15) is 0 Å². The fraction of sp³-hybridized carbons (Fsp3) is 0.375. The van der Waals surface area contributed by atoms with Gasteiger partial charge in [-0.15, -0.1) is 35.0 Å². The molecule has 0 N–H and O–H groups in total. The van der Waals surface area contributed by atoms with E-state index in [4.69, 9.17) is 4.98 Å². The molecule has 2 nitrogen and oxygen atoms in total. The predicted molar refractivity (Wildman–Crippen MR) is 109 cm³/mol. The Kier molecular flexibility index (Phi) is 3.75. The maximum Gasteiger partial charge on any atom is 0.0777 e. The van der Waals surface area contributed by atoms with Crippen LogP contribution in [0.15, 0.2) is 42.6 Å². The molecule has 1 aliphatic rings. The quantitative estimate of drug-likeness (QED) is 0.252. The van der Waals surface area contributed by atoms with Gasteiger partial charge in [-0.05, 0) is 45.7 Å². The molecule has 0 bridgehead atoms. The molecular formula is C24H25IrN2-. The minimum absolute atomic E-state index is 0. The summed E-state index contributed by atoms with van der Waals surface area (Å²) in [7, 11) is 0. The van der Waals surface area contributed by atoms with Crippen LogP contribution in [0.2, 0.25) is 0 Å². The molecule has 0 amide bonds. The Balaban J connectivity index is 0.00000180. The zero-order valence-electron chi connectivity index (χ0n) is 16.8. The van der Waals surface area contributed by atoms with Crippen molar-refractivity contribution in [2.75, 3.05) is 0 Å². The van der Waals surface area contributed by atoms with E-state index in [0.717, 1.165) is 16.6 Å². The summed E-state index contributed by atoms with van der Waals surface area (Å²) in [5.74, 6) is 0. The second-order valence-corrected chi connectivity index (χ2v) is 9.38. The van der Waals surface area contributed by atoms with Crippen LogP contribution in [0.4, 0.5) is 0 Å². The molecule has 0 aliphatic heterocycles. The summed E-state index contributed by atoms with van der Waals surface area (Å²) in [6.07, 6.45) is 2.14. The van der Waals surface area contributed by atoms with Crippen LogP contribution in [-0.4, -0.2) is 9.38 Å². The molecule has 1 aliphatic carbocycles. The fourth-order valence-corrected chi connectivity index (χ4v) is 4.89. The molecule has 27 heavy (non-hydrogen) atoms. The summed E-state index contributed by atoms with van der Waals surface area (Å²) in [5.41, 5.74) is 6.54. The molecule has 5 rings (SSSR count). The van der Waals surface area contributed by atoms with Gasteiger partial charge in [-0.1, -0.05) is 47.6 Å². The second kappa shape index (κ2) is 5.43. The first-order chi connectivity index (χ1) is 12.2. The van der Waals surface area contributed by atoms with Crippen molar-refractivity contribution in [2.24, 2.45) is 5.41 Å². The number of benzene rings is 2. The molecule has 0 saturated heterocycles. The minimum Gasteiger partial charge on any atom is -0.341 e. The van der Waals surface area contributed by atoms with Crippen molar-refractivity contribution in [1.82, 2.24) is 9.38 Å². The Bertz CT molecular complexity index is 1210. The maximum atomic E-state index is 5.01. The topological polar surface area (TPSA) is 17.3 Å². The molecule has 2 aromatic heterocycles. The average molecular weight is 534 g/mol. The van der Waals surface area contributed by atoms with Gasteiger partial charge in [0, 0.05) is 20.1 Å². The van der Waals surface area contributed by atoms with E-state index in [0.29, 0.717) is 0 Å². The molecule has 0 fully saturated rings. The van der Waals surface area contributed by atoms with E-state index in [1.165, 1.54) is 22.0 Å². The first-order valence-electron chi connectivity index (χ1n) is 9.42. The summed E-state index contributed by atoms with van der Waals surface area (Å²) >= 11 is 0. The molecule has 2 heterocycles. The van der Waals surface area contributed by atoms with Crippen LogP contribution in [0.25, 0.3) is 27.5 Å². The van der Waals surface area contributed by atoms with Crippen molar-refractivity contribution in [1.29, 1.82) is 0 Å². The molecule has 141 valence electrons. The number of aromatic nitrogens is 2. The number of fused-ring (bicyclic) bond motifs is 6. The summed E-state index contributed by atoms with van der Waals surface area (Å²) in [4.78, 5) is 5.01. The van der Waals surface area contributed by atoms with Crippen molar-refractivity contribution in [3.8, 4) is 0 Å². The average Bonchev–Trinajstić information content (AvgIpc) is 3.02. The van der Waals surface area contributed by atoms with Gasteiger partial charge in [0.2, 0.25) is 0 Å². The molecule has 4 aromatic rings. The van der Waals surface area contributed by atoms with E-state index < -0.39 is 0 Å². The van der Waals surface area contributed by atoms with Crippen LogP contribution in [-0.2, 0) is 30.9 Å². The summed E-state index contributed by atoms with van der Waals surface area (Å²) in [5, 5.41) is 2.27. The SMILES string of the molecule is CC1(C)c2cc3nc4c5[c-]cccc5ccn4c3cc2C(C)(C)C1(C)C.[Ir]. The van der Waals surface area contributed by atoms with Crippen LogP contribution >= 0.6 is 0 Å². The van der Waals surface area contributed by atoms with Crippen molar-refractivity contribution in [3.63, 3.8) is 0 Å². The van der Waals surface area contributed by atoms with E-state index in [1.54, 1.807) is 0 Å². The summed E-state index contributed by atoms with van der Waals surface area (Å²) < 4.78 is 2.23. The number of nitrogens with zero attached hydrogens (tertiary/aromatic N) is 2. The molecule has 0 atom stereocenters. The second-order valence-electron chi connectivity index (χ2n) is 9.38. The Morgan fingerprint density at radius 3 is 2.30 bits per heavy atom. The van der Waals surface area contributed by atoms with Gasteiger partial charge in [0.15, 0.2) is 0 Å². The van der Waals surface area contributed by atoms with Crippen molar-refractivity contribution >= 4 is 27.5 Å². The Hall–Kier alpha value is -1.70. The van der Waals surface area contributed by atoms with Crippen LogP contribution in [0.3, 0.4) is 0 Å². The molecule has 3 heteroatoms. The molecule has 0 spiro atoms. The molecule has 2 aromatic carbocycles. The van der Waals surface area contributed by atoms with Gasteiger partial charge in [0.05, 0.1) is 16.7 Å². The third kappa shape index (κ3) is 2.08.